The van der Waals surface area contributed by atoms with Gasteiger partial charge in [0, 0.05) is 15.6 Å². The van der Waals surface area contributed by atoms with Crippen LogP contribution >= 0.6 is 23.4 Å². The number of nitrogens with one attached hydrogen (secondary N) is 1. The molecule has 0 saturated carbocycles. The first-order chi connectivity index (χ1) is 9.13. The fourth-order valence-electron chi connectivity index (χ4n) is 1.42. The van der Waals surface area contributed by atoms with Crippen molar-refractivity contribution in [3.8, 4) is 5.75 Å². The van der Waals surface area contributed by atoms with Gasteiger partial charge < -0.3 is 10.4 Å². The molecule has 0 aliphatic rings. The predicted molar refractivity (Wildman–Crippen MR) is 78.9 cm³/mol. The number of hydrogen-bond acceptors (Lipinski definition) is 3. The number of rotatable bonds is 4. The first-order valence-corrected chi connectivity index (χ1v) is 6.97. The van der Waals surface area contributed by atoms with E-state index in [4.69, 9.17) is 16.7 Å². The minimum Gasteiger partial charge on any atom is -0.508 e. The van der Waals surface area contributed by atoms with Crippen molar-refractivity contribution in [1.29, 1.82) is 0 Å². The van der Waals surface area contributed by atoms with Crippen LogP contribution < -0.4 is 5.32 Å². The van der Waals surface area contributed by atoms with Gasteiger partial charge in [0.2, 0.25) is 5.91 Å². The van der Waals surface area contributed by atoms with Crippen molar-refractivity contribution in [3.05, 3.63) is 53.6 Å². The molecule has 0 atom stereocenters. The first kappa shape index (κ1) is 13.8. The quantitative estimate of drug-likeness (QED) is 0.844. The van der Waals surface area contributed by atoms with Gasteiger partial charge in [-0.2, -0.15) is 0 Å². The van der Waals surface area contributed by atoms with Crippen molar-refractivity contribution in [2.45, 2.75) is 4.90 Å². The SMILES string of the molecule is O=C(CSc1ccc(O)cc1)Nc1ccc(Cl)cc1. The van der Waals surface area contributed by atoms with Crippen molar-refractivity contribution in [3.63, 3.8) is 0 Å². The zero-order valence-electron chi connectivity index (χ0n) is 9.97. The molecule has 0 heterocycles. The second kappa shape index (κ2) is 6.50. The first-order valence-electron chi connectivity index (χ1n) is 5.61. The molecule has 0 saturated heterocycles. The molecule has 0 unspecified atom stereocenters. The Labute approximate surface area is 120 Å². The molecule has 0 radical (unpaired) electrons. The standard InChI is InChI=1S/C14H12ClNO2S/c15-10-1-3-11(4-2-10)16-14(18)9-19-13-7-5-12(17)6-8-13/h1-8,17H,9H2,(H,16,18). The molecule has 1 amide bonds. The smallest absolute Gasteiger partial charge is 0.234 e. The van der Waals surface area contributed by atoms with E-state index in [1.807, 2.05) is 0 Å². The molecular formula is C14H12ClNO2S. The Kier molecular flexibility index (Phi) is 4.71. The van der Waals surface area contributed by atoms with E-state index in [9.17, 15) is 4.79 Å². The van der Waals surface area contributed by atoms with Gasteiger partial charge in [0.1, 0.15) is 5.75 Å². The molecule has 0 aliphatic heterocycles. The molecule has 0 aromatic heterocycles. The predicted octanol–water partition coefficient (Wildman–Crippen LogP) is 3.78. The lowest BCUT2D eigenvalue weighted by Crippen LogP contribution is -2.13. The van der Waals surface area contributed by atoms with Crippen molar-refractivity contribution in [2.24, 2.45) is 0 Å². The summed E-state index contributed by atoms with van der Waals surface area (Å²) in [6.45, 7) is 0. The molecule has 0 bridgehead atoms. The molecule has 3 nitrogen and oxygen atoms in total. The summed E-state index contributed by atoms with van der Waals surface area (Å²) >= 11 is 7.18. The van der Waals surface area contributed by atoms with E-state index in [0.717, 1.165) is 10.6 Å². The van der Waals surface area contributed by atoms with Crippen LogP contribution in [-0.2, 0) is 4.79 Å². The number of carbonyl (C=O) groups excluding carboxylic acids is 1. The lowest BCUT2D eigenvalue weighted by molar-refractivity contribution is -0.113. The Morgan fingerprint density at radius 2 is 1.74 bits per heavy atom. The molecule has 0 spiro atoms. The van der Waals surface area contributed by atoms with E-state index >= 15 is 0 Å². The highest BCUT2D eigenvalue weighted by Crippen LogP contribution is 2.21. The number of carbonyl (C=O) groups is 1. The number of hydrogen-bond donors (Lipinski definition) is 2. The van der Waals surface area contributed by atoms with Gasteiger partial charge in [-0.25, -0.2) is 0 Å². The summed E-state index contributed by atoms with van der Waals surface area (Å²) in [4.78, 5) is 12.7. The highest BCUT2D eigenvalue weighted by molar-refractivity contribution is 8.00. The Hall–Kier alpha value is -1.65. The summed E-state index contributed by atoms with van der Waals surface area (Å²) in [5.41, 5.74) is 0.723. The summed E-state index contributed by atoms with van der Waals surface area (Å²) in [5.74, 6) is 0.447. The number of thioether (sulfide) groups is 1. The lowest BCUT2D eigenvalue weighted by Gasteiger charge is -2.05. The van der Waals surface area contributed by atoms with Crippen LogP contribution in [0.4, 0.5) is 5.69 Å². The van der Waals surface area contributed by atoms with E-state index in [-0.39, 0.29) is 11.7 Å². The van der Waals surface area contributed by atoms with Gasteiger partial charge in [0.05, 0.1) is 5.75 Å². The third-order valence-corrected chi connectivity index (χ3v) is 3.60. The summed E-state index contributed by atoms with van der Waals surface area (Å²) in [6.07, 6.45) is 0. The molecule has 19 heavy (non-hydrogen) atoms. The lowest BCUT2D eigenvalue weighted by atomic mass is 10.3. The minimum atomic E-state index is -0.0830. The number of phenolic OH excluding ortho intramolecular Hbond substituents is 1. The zero-order chi connectivity index (χ0) is 13.7. The highest BCUT2D eigenvalue weighted by Gasteiger charge is 2.03. The second-order valence-electron chi connectivity index (χ2n) is 3.84. The fourth-order valence-corrected chi connectivity index (χ4v) is 2.25. The van der Waals surface area contributed by atoms with E-state index in [1.165, 1.54) is 11.8 Å². The number of amides is 1. The molecular weight excluding hydrogens is 282 g/mol. The van der Waals surface area contributed by atoms with E-state index in [2.05, 4.69) is 5.32 Å². The van der Waals surface area contributed by atoms with Gasteiger partial charge in [-0.05, 0) is 48.5 Å². The van der Waals surface area contributed by atoms with Crippen molar-refractivity contribution < 1.29 is 9.90 Å². The molecule has 2 rings (SSSR count). The number of anilines is 1. The maximum absolute atomic E-state index is 11.7. The Balaban J connectivity index is 1.84. The van der Waals surface area contributed by atoms with Crippen LogP contribution in [0.25, 0.3) is 0 Å². The van der Waals surface area contributed by atoms with Crippen LogP contribution in [0.3, 0.4) is 0 Å². The molecule has 2 aromatic carbocycles. The van der Waals surface area contributed by atoms with Crippen LogP contribution in [0, 0.1) is 0 Å². The van der Waals surface area contributed by atoms with E-state index < -0.39 is 0 Å². The Morgan fingerprint density at radius 1 is 1.11 bits per heavy atom. The summed E-state index contributed by atoms with van der Waals surface area (Å²) < 4.78 is 0. The van der Waals surface area contributed by atoms with Crippen LogP contribution in [0.2, 0.25) is 5.02 Å². The maximum atomic E-state index is 11.7. The minimum absolute atomic E-state index is 0.0830. The normalized spacial score (nSPS) is 10.2. The van der Waals surface area contributed by atoms with Gasteiger partial charge in [0.25, 0.3) is 0 Å². The largest absolute Gasteiger partial charge is 0.508 e. The number of phenols is 1. The number of aromatic hydroxyl groups is 1. The zero-order valence-corrected chi connectivity index (χ0v) is 11.5. The van der Waals surface area contributed by atoms with Crippen molar-refractivity contribution in [2.75, 3.05) is 11.1 Å². The monoisotopic (exact) mass is 293 g/mol. The van der Waals surface area contributed by atoms with Gasteiger partial charge in [-0.15, -0.1) is 11.8 Å². The highest BCUT2D eigenvalue weighted by atomic mass is 35.5. The number of halogens is 1. The van der Waals surface area contributed by atoms with Crippen LogP contribution in [-0.4, -0.2) is 16.8 Å². The van der Waals surface area contributed by atoms with Gasteiger partial charge in [-0.1, -0.05) is 11.6 Å². The molecule has 5 heteroatoms. The second-order valence-corrected chi connectivity index (χ2v) is 5.32. The third-order valence-electron chi connectivity index (χ3n) is 2.33. The third kappa shape index (κ3) is 4.50. The summed E-state index contributed by atoms with van der Waals surface area (Å²) in [6, 6.07) is 13.7. The molecule has 98 valence electrons. The molecule has 2 N–H and O–H groups in total. The van der Waals surface area contributed by atoms with Crippen LogP contribution in [0.5, 0.6) is 5.75 Å². The summed E-state index contributed by atoms with van der Waals surface area (Å²) in [5, 5.41) is 12.6. The maximum Gasteiger partial charge on any atom is 0.234 e. The van der Waals surface area contributed by atoms with Gasteiger partial charge in [0.15, 0.2) is 0 Å². The topological polar surface area (TPSA) is 49.3 Å². The average Bonchev–Trinajstić information content (AvgIpc) is 2.41. The molecule has 2 aromatic rings. The van der Waals surface area contributed by atoms with Crippen molar-refractivity contribution in [1.82, 2.24) is 0 Å². The Bertz CT molecular complexity index is 555. The average molecular weight is 294 g/mol. The Morgan fingerprint density at radius 3 is 2.37 bits per heavy atom. The van der Waals surface area contributed by atoms with Crippen molar-refractivity contribution >= 4 is 35.0 Å². The van der Waals surface area contributed by atoms with E-state index in [1.54, 1.807) is 48.5 Å². The molecule has 0 aliphatic carbocycles. The van der Waals surface area contributed by atoms with Crippen LogP contribution in [0.15, 0.2) is 53.4 Å². The molecule has 0 fully saturated rings. The van der Waals surface area contributed by atoms with E-state index in [0.29, 0.717) is 10.8 Å². The summed E-state index contributed by atoms with van der Waals surface area (Å²) in [7, 11) is 0. The number of benzene rings is 2. The van der Waals surface area contributed by atoms with Gasteiger partial charge in [-0.3, -0.25) is 4.79 Å². The van der Waals surface area contributed by atoms with Gasteiger partial charge >= 0.3 is 0 Å². The fraction of sp³-hybridized carbons (Fsp3) is 0.0714. The van der Waals surface area contributed by atoms with Crippen LogP contribution in [0.1, 0.15) is 0 Å².